The van der Waals surface area contributed by atoms with E-state index < -0.39 is 0 Å². The summed E-state index contributed by atoms with van der Waals surface area (Å²) in [5, 5.41) is 0.400. The second-order valence-corrected chi connectivity index (χ2v) is 5.30. The Labute approximate surface area is 87.5 Å². The summed E-state index contributed by atoms with van der Waals surface area (Å²) < 4.78 is 4.64. The topological polar surface area (TPSA) is 26.3 Å². The van der Waals surface area contributed by atoms with Crippen LogP contribution in [0.15, 0.2) is 12.2 Å². The van der Waals surface area contributed by atoms with E-state index in [1.165, 1.54) is 12.7 Å². The van der Waals surface area contributed by atoms with E-state index in [1.54, 1.807) is 0 Å². The van der Waals surface area contributed by atoms with Gasteiger partial charge in [-0.25, -0.2) is 0 Å². The van der Waals surface area contributed by atoms with Gasteiger partial charge in [-0.2, -0.15) is 23.5 Å². The van der Waals surface area contributed by atoms with E-state index in [1.807, 2.05) is 23.5 Å². The van der Waals surface area contributed by atoms with E-state index in [0.29, 0.717) is 11.7 Å². The fourth-order valence-electron chi connectivity index (χ4n) is 1.05. The summed E-state index contributed by atoms with van der Waals surface area (Å²) in [6.07, 6.45) is 0.529. The predicted molar refractivity (Wildman–Crippen MR) is 59.3 cm³/mol. The van der Waals surface area contributed by atoms with Crippen molar-refractivity contribution in [2.75, 3.05) is 24.4 Å². The zero-order valence-corrected chi connectivity index (χ0v) is 9.38. The first-order chi connectivity index (χ1) is 6.22. The Bertz CT molecular complexity index is 204. The molecule has 0 aromatic rings. The van der Waals surface area contributed by atoms with Crippen LogP contribution < -0.4 is 0 Å². The molecule has 13 heavy (non-hydrogen) atoms. The minimum Gasteiger partial charge on any atom is -0.469 e. The molecule has 4 heteroatoms. The number of rotatable bonds is 2. The maximum absolute atomic E-state index is 11.0. The number of thioether (sulfide) groups is 2. The van der Waals surface area contributed by atoms with Crippen molar-refractivity contribution < 1.29 is 9.53 Å². The van der Waals surface area contributed by atoms with Crippen molar-refractivity contribution in [3.05, 3.63) is 12.2 Å². The predicted octanol–water partition coefficient (Wildman–Crippen LogP) is 1.95. The van der Waals surface area contributed by atoms with Crippen LogP contribution in [0.4, 0.5) is 0 Å². The summed E-state index contributed by atoms with van der Waals surface area (Å²) in [5.74, 6) is 2.93. The SMILES string of the molecule is C=C1CSCC(CC(=O)OC)SC1. The maximum Gasteiger partial charge on any atom is 0.306 e. The van der Waals surface area contributed by atoms with Crippen LogP contribution in [0, 0.1) is 0 Å². The molecule has 0 amide bonds. The van der Waals surface area contributed by atoms with Crippen molar-refractivity contribution in [2.45, 2.75) is 11.7 Å². The number of hydrogen-bond donors (Lipinski definition) is 0. The third-order valence-corrected chi connectivity index (χ3v) is 4.60. The molecular formula is C9H14O2S2. The summed E-state index contributed by atoms with van der Waals surface area (Å²) in [7, 11) is 1.44. The summed E-state index contributed by atoms with van der Waals surface area (Å²) in [5.41, 5.74) is 1.27. The van der Waals surface area contributed by atoms with Gasteiger partial charge in [0.05, 0.1) is 13.5 Å². The Morgan fingerprint density at radius 2 is 2.46 bits per heavy atom. The van der Waals surface area contributed by atoms with Crippen LogP contribution in [-0.2, 0) is 9.53 Å². The van der Waals surface area contributed by atoms with Gasteiger partial charge in [0.15, 0.2) is 0 Å². The summed E-state index contributed by atoms with van der Waals surface area (Å²) in [6, 6.07) is 0. The highest BCUT2D eigenvalue weighted by molar-refractivity contribution is 8.04. The highest BCUT2D eigenvalue weighted by atomic mass is 32.2. The average Bonchev–Trinajstić information content (AvgIpc) is 2.31. The van der Waals surface area contributed by atoms with Gasteiger partial charge in [0.25, 0.3) is 0 Å². The van der Waals surface area contributed by atoms with Crippen LogP contribution >= 0.6 is 23.5 Å². The third-order valence-electron chi connectivity index (χ3n) is 1.76. The molecule has 0 saturated carbocycles. The smallest absolute Gasteiger partial charge is 0.306 e. The van der Waals surface area contributed by atoms with E-state index in [9.17, 15) is 4.79 Å². The summed E-state index contributed by atoms with van der Waals surface area (Å²) in [6.45, 7) is 3.95. The first-order valence-electron chi connectivity index (χ1n) is 4.15. The van der Waals surface area contributed by atoms with Gasteiger partial charge >= 0.3 is 5.97 Å². The first kappa shape index (κ1) is 11.0. The minimum atomic E-state index is -0.106. The minimum absolute atomic E-state index is 0.106. The normalized spacial score (nSPS) is 23.8. The van der Waals surface area contributed by atoms with Crippen molar-refractivity contribution >= 4 is 29.5 Å². The highest BCUT2D eigenvalue weighted by Crippen LogP contribution is 2.27. The number of carbonyl (C=O) groups excluding carboxylic acids is 1. The van der Waals surface area contributed by atoms with Crippen LogP contribution in [0.25, 0.3) is 0 Å². The molecule has 1 aliphatic rings. The third kappa shape index (κ3) is 4.09. The van der Waals surface area contributed by atoms with E-state index in [-0.39, 0.29) is 5.97 Å². The molecule has 0 spiro atoms. The van der Waals surface area contributed by atoms with Gasteiger partial charge in [0.1, 0.15) is 0 Å². The van der Waals surface area contributed by atoms with Crippen molar-refractivity contribution in [3.63, 3.8) is 0 Å². The van der Waals surface area contributed by atoms with Crippen molar-refractivity contribution in [1.29, 1.82) is 0 Å². The van der Waals surface area contributed by atoms with Gasteiger partial charge in [-0.05, 0) is 0 Å². The van der Waals surface area contributed by atoms with E-state index in [2.05, 4.69) is 11.3 Å². The molecule has 0 aliphatic carbocycles. The molecule has 74 valence electrons. The molecule has 0 bridgehead atoms. The lowest BCUT2D eigenvalue weighted by Crippen LogP contribution is -2.13. The lowest BCUT2D eigenvalue weighted by molar-refractivity contribution is -0.140. The Balaban J connectivity index is 2.33. The molecule has 2 nitrogen and oxygen atoms in total. The zero-order chi connectivity index (χ0) is 9.68. The number of methoxy groups -OCH3 is 1. The van der Waals surface area contributed by atoms with Crippen molar-refractivity contribution in [1.82, 2.24) is 0 Å². The van der Waals surface area contributed by atoms with E-state index in [0.717, 1.165) is 17.3 Å². The molecule has 1 saturated heterocycles. The monoisotopic (exact) mass is 218 g/mol. The van der Waals surface area contributed by atoms with Gasteiger partial charge < -0.3 is 4.74 Å². The number of hydrogen-bond acceptors (Lipinski definition) is 4. The Morgan fingerprint density at radius 1 is 1.69 bits per heavy atom. The van der Waals surface area contributed by atoms with E-state index >= 15 is 0 Å². The fourth-order valence-corrected chi connectivity index (χ4v) is 3.57. The lowest BCUT2D eigenvalue weighted by atomic mass is 10.3. The molecule has 0 aromatic carbocycles. The van der Waals surface area contributed by atoms with Gasteiger partial charge in [0, 0.05) is 22.5 Å². The van der Waals surface area contributed by atoms with Crippen LogP contribution in [0.1, 0.15) is 6.42 Å². The number of carbonyl (C=O) groups is 1. The quantitative estimate of drug-likeness (QED) is 0.523. The van der Waals surface area contributed by atoms with Gasteiger partial charge in [-0.3, -0.25) is 4.79 Å². The van der Waals surface area contributed by atoms with Crippen molar-refractivity contribution in [3.8, 4) is 0 Å². The van der Waals surface area contributed by atoms with Gasteiger partial charge in [-0.1, -0.05) is 12.2 Å². The average molecular weight is 218 g/mol. The maximum atomic E-state index is 11.0. The zero-order valence-electron chi connectivity index (χ0n) is 7.75. The Morgan fingerprint density at radius 3 is 3.15 bits per heavy atom. The molecule has 1 fully saturated rings. The Kier molecular flexibility index (Phi) is 4.73. The molecular weight excluding hydrogens is 204 g/mol. The fraction of sp³-hybridized carbons (Fsp3) is 0.667. The van der Waals surface area contributed by atoms with Gasteiger partial charge in [0.2, 0.25) is 0 Å². The molecule has 0 N–H and O–H groups in total. The first-order valence-corrected chi connectivity index (χ1v) is 6.35. The van der Waals surface area contributed by atoms with Crippen LogP contribution in [0.3, 0.4) is 0 Å². The van der Waals surface area contributed by atoms with Crippen LogP contribution in [-0.4, -0.2) is 35.6 Å². The standard InChI is InChI=1S/C9H14O2S2/c1-7-4-12-6-8(13-5-7)3-9(10)11-2/h8H,1,3-6H2,2H3. The molecule has 0 aromatic heterocycles. The molecule has 0 radical (unpaired) electrons. The summed E-state index contributed by atoms with van der Waals surface area (Å²) >= 11 is 3.67. The lowest BCUT2D eigenvalue weighted by Gasteiger charge is -2.10. The Hall–Kier alpha value is -0.0900. The molecule has 1 unspecified atom stereocenters. The van der Waals surface area contributed by atoms with Crippen molar-refractivity contribution in [2.24, 2.45) is 0 Å². The number of ether oxygens (including phenoxy) is 1. The number of esters is 1. The second-order valence-electron chi connectivity index (χ2n) is 2.98. The van der Waals surface area contributed by atoms with Gasteiger partial charge in [-0.15, -0.1) is 0 Å². The van der Waals surface area contributed by atoms with E-state index in [4.69, 9.17) is 0 Å². The molecule has 1 heterocycles. The highest BCUT2D eigenvalue weighted by Gasteiger charge is 2.18. The van der Waals surface area contributed by atoms with Crippen LogP contribution in [0.2, 0.25) is 0 Å². The summed E-state index contributed by atoms with van der Waals surface area (Å²) in [4.78, 5) is 11.0. The molecule has 1 atom stereocenters. The second kappa shape index (κ2) is 5.60. The largest absolute Gasteiger partial charge is 0.469 e. The van der Waals surface area contributed by atoms with Crippen LogP contribution in [0.5, 0.6) is 0 Å². The molecule has 1 rings (SSSR count). The molecule has 1 aliphatic heterocycles.